The molecule has 0 radical (unpaired) electrons. The number of benzene rings is 2. The minimum absolute atomic E-state index is 0.0174. The molecule has 2 aromatic rings. The van der Waals surface area contributed by atoms with E-state index in [4.69, 9.17) is 9.47 Å². The van der Waals surface area contributed by atoms with Crippen molar-refractivity contribution in [2.75, 3.05) is 18.7 Å². The van der Waals surface area contributed by atoms with Crippen molar-refractivity contribution < 1.29 is 24.0 Å². The van der Waals surface area contributed by atoms with Crippen LogP contribution in [0.15, 0.2) is 42.5 Å². The van der Waals surface area contributed by atoms with Crippen LogP contribution in [0.4, 0.5) is 11.4 Å². The number of aryl methyl sites for hydroxylation is 1. The van der Waals surface area contributed by atoms with Gasteiger partial charge in [0.2, 0.25) is 18.6 Å². The van der Waals surface area contributed by atoms with Gasteiger partial charge in [-0.25, -0.2) is 0 Å². The Bertz CT molecular complexity index is 986. The van der Waals surface area contributed by atoms with Crippen molar-refractivity contribution in [3.05, 3.63) is 63.7 Å². The predicted molar refractivity (Wildman–Crippen MR) is 106 cm³/mol. The molecule has 3 rings (SSSR count). The summed E-state index contributed by atoms with van der Waals surface area (Å²) in [5, 5.41) is 16.4. The van der Waals surface area contributed by atoms with E-state index < -0.39 is 10.8 Å². The summed E-state index contributed by atoms with van der Waals surface area (Å²) in [6.45, 7) is 1.73. The van der Waals surface area contributed by atoms with Crippen LogP contribution in [0.3, 0.4) is 0 Å². The second-order valence-corrected chi connectivity index (χ2v) is 6.13. The number of amides is 2. The largest absolute Gasteiger partial charge is 0.454 e. The zero-order chi connectivity index (χ0) is 20.8. The van der Waals surface area contributed by atoms with E-state index in [0.29, 0.717) is 11.4 Å². The van der Waals surface area contributed by atoms with Crippen molar-refractivity contribution in [2.24, 2.45) is 0 Å². The summed E-state index contributed by atoms with van der Waals surface area (Å²) >= 11 is 0. The van der Waals surface area contributed by atoms with Gasteiger partial charge in [0.1, 0.15) is 0 Å². The van der Waals surface area contributed by atoms with E-state index in [1.165, 1.54) is 18.2 Å². The normalized spacial score (nSPS) is 12.0. The highest BCUT2D eigenvalue weighted by Gasteiger charge is 2.22. The van der Waals surface area contributed by atoms with Crippen LogP contribution in [0.2, 0.25) is 0 Å². The Morgan fingerprint density at radius 3 is 2.66 bits per heavy atom. The Morgan fingerprint density at radius 1 is 1.21 bits per heavy atom. The fraction of sp³-hybridized carbons (Fsp3) is 0.200. The number of carbonyl (C=O) groups excluding carboxylic acids is 2. The number of rotatable bonds is 7. The van der Waals surface area contributed by atoms with Gasteiger partial charge in [-0.2, -0.15) is 0 Å². The van der Waals surface area contributed by atoms with Gasteiger partial charge in [0.25, 0.3) is 5.69 Å². The first kappa shape index (κ1) is 19.9. The number of para-hydroxylation sites is 1. The number of fused-ring (bicyclic) bond motifs is 1. The summed E-state index contributed by atoms with van der Waals surface area (Å²) in [5.41, 5.74) is 1.66. The highest BCUT2D eigenvalue weighted by atomic mass is 16.7. The number of hydrogen-bond donors (Lipinski definition) is 2. The Hall–Kier alpha value is -3.88. The highest BCUT2D eigenvalue weighted by molar-refractivity contribution is 5.98. The lowest BCUT2D eigenvalue weighted by molar-refractivity contribution is -0.385. The van der Waals surface area contributed by atoms with Gasteiger partial charge in [-0.05, 0) is 30.2 Å². The fourth-order valence-electron chi connectivity index (χ4n) is 2.78. The van der Waals surface area contributed by atoms with Gasteiger partial charge in [-0.3, -0.25) is 19.7 Å². The topological polar surface area (TPSA) is 120 Å². The molecule has 2 N–H and O–H groups in total. The summed E-state index contributed by atoms with van der Waals surface area (Å²) < 4.78 is 10.3. The second-order valence-electron chi connectivity index (χ2n) is 6.13. The third kappa shape index (κ3) is 4.89. The monoisotopic (exact) mass is 397 g/mol. The van der Waals surface area contributed by atoms with E-state index in [0.717, 1.165) is 18.1 Å². The number of hydrogen-bond acceptors (Lipinski definition) is 6. The molecular weight excluding hydrogens is 378 g/mol. The number of nitro groups is 1. The molecule has 9 nitrogen and oxygen atoms in total. The molecule has 1 aliphatic heterocycles. The second kappa shape index (κ2) is 8.87. The van der Waals surface area contributed by atoms with Crippen LogP contribution in [-0.2, 0) is 16.0 Å². The maximum absolute atomic E-state index is 12.1. The SMILES string of the molecule is CCc1ccccc1NC(=O)CNC(=O)/C=C/c1cc2c(cc1[N+](=O)[O-])OCO2. The lowest BCUT2D eigenvalue weighted by Crippen LogP contribution is -2.31. The molecule has 0 saturated carbocycles. The molecule has 1 heterocycles. The van der Waals surface area contributed by atoms with E-state index >= 15 is 0 Å². The van der Waals surface area contributed by atoms with Crippen LogP contribution in [0.5, 0.6) is 11.5 Å². The molecule has 0 bridgehead atoms. The van der Waals surface area contributed by atoms with Crippen LogP contribution in [0, 0.1) is 10.1 Å². The summed E-state index contributed by atoms with van der Waals surface area (Å²) in [7, 11) is 0. The van der Waals surface area contributed by atoms with Gasteiger partial charge < -0.3 is 20.1 Å². The summed E-state index contributed by atoms with van der Waals surface area (Å²) in [6, 6.07) is 10.1. The number of nitrogens with one attached hydrogen (secondary N) is 2. The number of nitrogens with zero attached hydrogens (tertiary/aromatic N) is 1. The third-order valence-corrected chi connectivity index (χ3v) is 4.23. The maximum atomic E-state index is 12.1. The maximum Gasteiger partial charge on any atom is 0.280 e. The van der Waals surface area contributed by atoms with Gasteiger partial charge >= 0.3 is 0 Å². The van der Waals surface area contributed by atoms with Crippen LogP contribution in [0.1, 0.15) is 18.1 Å². The summed E-state index contributed by atoms with van der Waals surface area (Å²) in [5.74, 6) is -0.287. The van der Waals surface area contributed by atoms with Gasteiger partial charge in [0, 0.05) is 11.8 Å². The van der Waals surface area contributed by atoms with Gasteiger partial charge in [-0.1, -0.05) is 25.1 Å². The molecule has 0 fully saturated rings. The zero-order valence-electron chi connectivity index (χ0n) is 15.6. The van der Waals surface area contributed by atoms with Crippen molar-refractivity contribution in [3.8, 4) is 11.5 Å². The van der Waals surface area contributed by atoms with Crippen molar-refractivity contribution in [3.63, 3.8) is 0 Å². The average molecular weight is 397 g/mol. The molecule has 0 atom stereocenters. The third-order valence-electron chi connectivity index (χ3n) is 4.23. The van der Waals surface area contributed by atoms with Crippen LogP contribution >= 0.6 is 0 Å². The minimum atomic E-state index is -0.571. The molecule has 0 spiro atoms. The highest BCUT2D eigenvalue weighted by Crippen LogP contribution is 2.38. The van der Waals surface area contributed by atoms with Crippen molar-refractivity contribution in [1.29, 1.82) is 0 Å². The van der Waals surface area contributed by atoms with Gasteiger partial charge in [0.05, 0.1) is 23.1 Å². The molecule has 0 aromatic heterocycles. The smallest absolute Gasteiger partial charge is 0.280 e. The molecule has 150 valence electrons. The molecule has 0 unspecified atom stereocenters. The minimum Gasteiger partial charge on any atom is -0.454 e. The molecular formula is C20H19N3O6. The quantitative estimate of drug-likeness (QED) is 0.421. The van der Waals surface area contributed by atoms with Crippen molar-refractivity contribution in [2.45, 2.75) is 13.3 Å². The summed E-state index contributed by atoms with van der Waals surface area (Å²) in [6.07, 6.45) is 3.18. The Morgan fingerprint density at radius 2 is 1.93 bits per heavy atom. The average Bonchev–Trinajstić information content (AvgIpc) is 3.17. The summed E-state index contributed by atoms with van der Waals surface area (Å²) in [4.78, 5) is 34.7. The van der Waals surface area contributed by atoms with E-state index in [-0.39, 0.29) is 36.2 Å². The van der Waals surface area contributed by atoms with E-state index in [9.17, 15) is 19.7 Å². The number of ether oxygens (including phenoxy) is 2. The number of anilines is 1. The first-order chi connectivity index (χ1) is 14.0. The first-order valence-corrected chi connectivity index (χ1v) is 8.89. The Kier molecular flexibility index (Phi) is 6.08. The standard InChI is InChI=1S/C20H19N3O6/c1-2-13-5-3-4-6-15(13)22-20(25)11-21-19(24)8-7-14-9-17-18(29-12-28-17)10-16(14)23(26)27/h3-10H,2,11-12H2,1H3,(H,21,24)(H,22,25)/b8-7+. The zero-order valence-corrected chi connectivity index (χ0v) is 15.6. The van der Waals surface area contributed by atoms with Crippen LogP contribution < -0.4 is 20.1 Å². The lowest BCUT2D eigenvalue weighted by Gasteiger charge is -2.09. The van der Waals surface area contributed by atoms with Gasteiger partial charge in [0.15, 0.2) is 11.5 Å². The number of nitro benzene ring substituents is 1. The fourth-order valence-corrected chi connectivity index (χ4v) is 2.78. The van der Waals surface area contributed by atoms with Crippen molar-refractivity contribution in [1.82, 2.24) is 5.32 Å². The molecule has 0 saturated heterocycles. The molecule has 9 heteroatoms. The van der Waals surface area contributed by atoms with Gasteiger partial charge in [-0.15, -0.1) is 0 Å². The number of carbonyl (C=O) groups is 2. The van der Waals surface area contributed by atoms with Crippen LogP contribution in [-0.4, -0.2) is 30.1 Å². The van der Waals surface area contributed by atoms with E-state index in [1.807, 2.05) is 25.1 Å². The Balaban J connectivity index is 1.60. The molecule has 2 aromatic carbocycles. The van der Waals surface area contributed by atoms with E-state index in [1.54, 1.807) is 6.07 Å². The van der Waals surface area contributed by atoms with Crippen molar-refractivity contribution >= 4 is 29.3 Å². The molecule has 0 aliphatic carbocycles. The van der Waals surface area contributed by atoms with Crippen LogP contribution in [0.25, 0.3) is 6.08 Å². The first-order valence-electron chi connectivity index (χ1n) is 8.89. The molecule has 29 heavy (non-hydrogen) atoms. The molecule has 1 aliphatic rings. The Labute approximate surface area is 166 Å². The lowest BCUT2D eigenvalue weighted by atomic mass is 10.1. The molecule has 2 amide bonds. The predicted octanol–water partition coefficient (Wildman–Crippen LogP) is 2.65. The van der Waals surface area contributed by atoms with E-state index in [2.05, 4.69) is 10.6 Å².